The van der Waals surface area contributed by atoms with Gasteiger partial charge in [-0.2, -0.15) is 0 Å². The quantitative estimate of drug-likeness (QED) is 0.844. The standard InChI is InChI=1S/C17H26N2O2/c1-4-11-19-12-6-5-10-15(19)17(20)21-18-16-13(2)8-7-9-14(16)3/h7-9,15,18H,4-6,10-12H2,1-3H3/t15-/m0/s1. The van der Waals surface area contributed by atoms with Gasteiger partial charge in [0.15, 0.2) is 0 Å². The predicted octanol–water partition coefficient (Wildman–Crippen LogP) is 3.44. The molecule has 4 heteroatoms. The summed E-state index contributed by atoms with van der Waals surface area (Å²) in [7, 11) is 0. The van der Waals surface area contributed by atoms with E-state index in [1.165, 1.54) is 6.42 Å². The van der Waals surface area contributed by atoms with Crippen LogP contribution in [0.25, 0.3) is 0 Å². The highest BCUT2D eigenvalue weighted by Crippen LogP contribution is 2.21. The number of nitrogens with one attached hydrogen (secondary N) is 1. The zero-order valence-electron chi connectivity index (χ0n) is 13.3. The Kier molecular flexibility index (Phi) is 5.62. The normalized spacial score (nSPS) is 19.3. The lowest BCUT2D eigenvalue weighted by atomic mass is 10.0. The summed E-state index contributed by atoms with van der Waals surface area (Å²) < 4.78 is 0. The second kappa shape index (κ2) is 7.46. The largest absolute Gasteiger partial charge is 0.349 e. The summed E-state index contributed by atoms with van der Waals surface area (Å²) >= 11 is 0. The SMILES string of the molecule is CCCN1CCCC[C@H]1C(=O)ONc1c(C)cccc1C. The molecule has 0 spiro atoms. The average Bonchev–Trinajstić information content (AvgIpc) is 2.47. The molecule has 1 fully saturated rings. The first-order valence-electron chi connectivity index (χ1n) is 7.90. The Bertz CT molecular complexity index is 465. The van der Waals surface area contributed by atoms with Crippen molar-refractivity contribution in [2.45, 2.75) is 52.5 Å². The van der Waals surface area contributed by atoms with Crippen LogP contribution in [0.15, 0.2) is 18.2 Å². The third-order valence-corrected chi connectivity index (χ3v) is 4.13. The summed E-state index contributed by atoms with van der Waals surface area (Å²) in [6, 6.07) is 5.91. The van der Waals surface area contributed by atoms with Gasteiger partial charge in [0.1, 0.15) is 6.04 Å². The average molecular weight is 290 g/mol. The van der Waals surface area contributed by atoms with E-state index < -0.39 is 0 Å². The maximum Gasteiger partial charge on any atom is 0.349 e. The Morgan fingerprint density at radius 2 is 2.05 bits per heavy atom. The Hall–Kier alpha value is -1.55. The molecule has 0 unspecified atom stereocenters. The van der Waals surface area contributed by atoms with Crippen LogP contribution in [0.2, 0.25) is 0 Å². The molecule has 0 aliphatic carbocycles. The van der Waals surface area contributed by atoms with Crippen LogP contribution in [0.1, 0.15) is 43.7 Å². The molecule has 116 valence electrons. The molecule has 1 saturated heterocycles. The number of hydrogen-bond donors (Lipinski definition) is 1. The number of piperidine rings is 1. The van der Waals surface area contributed by atoms with Gasteiger partial charge in [-0.05, 0) is 57.3 Å². The molecule has 1 aromatic rings. The number of nitrogens with zero attached hydrogens (tertiary/aromatic N) is 1. The number of benzene rings is 1. The van der Waals surface area contributed by atoms with E-state index in [1.54, 1.807) is 0 Å². The second-order valence-electron chi connectivity index (χ2n) is 5.84. The van der Waals surface area contributed by atoms with Crippen LogP contribution >= 0.6 is 0 Å². The zero-order valence-corrected chi connectivity index (χ0v) is 13.3. The summed E-state index contributed by atoms with van der Waals surface area (Å²) in [5.41, 5.74) is 5.92. The molecule has 1 aliphatic rings. The second-order valence-corrected chi connectivity index (χ2v) is 5.84. The van der Waals surface area contributed by atoms with Crippen molar-refractivity contribution in [1.82, 2.24) is 4.90 Å². The lowest BCUT2D eigenvalue weighted by Gasteiger charge is -2.33. The molecule has 0 radical (unpaired) electrons. The molecule has 0 bridgehead atoms. The maximum absolute atomic E-state index is 12.4. The molecule has 0 amide bonds. The van der Waals surface area contributed by atoms with Gasteiger partial charge in [0.2, 0.25) is 0 Å². The highest BCUT2D eigenvalue weighted by atomic mass is 16.7. The monoisotopic (exact) mass is 290 g/mol. The van der Waals surface area contributed by atoms with E-state index in [2.05, 4.69) is 17.3 Å². The number of carbonyl (C=O) groups excluding carboxylic acids is 1. The van der Waals surface area contributed by atoms with Crippen LogP contribution in [0, 0.1) is 13.8 Å². The van der Waals surface area contributed by atoms with Gasteiger partial charge in [-0.15, -0.1) is 0 Å². The Balaban J connectivity index is 1.97. The van der Waals surface area contributed by atoms with Gasteiger partial charge in [0.25, 0.3) is 0 Å². The highest BCUT2D eigenvalue weighted by molar-refractivity contribution is 5.77. The number of hydrogen-bond acceptors (Lipinski definition) is 4. The van der Waals surface area contributed by atoms with Crippen molar-refractivity contribution in [3.05, 3.63) is 29.3 Å². The van der Waals surface area contributed by atoms with Crippen molar-refractivity contribution < 1.29 is 9.63 Å². The Morgan fingerprint density at radius 3 is 2.71 bits per heavy atom. The third kappa shape index (κ3) is 3.97. The van der Waals surface area contributed by atoms with Crippen molar-refractivity contribution in [2.24, 2.45) is 0 Å². The minimum Gasteiger partial charge on any atom is -0.342 e. The molecule has 0 aromatic heterocycles. The summed E-state index contributed by atoms with van der Waals surface area (Å²) in [5.74, 6) is -0.161. The van der Waals surface area contributed by atoms with E-state index >= 15 is 0 Å². The van der Waals surface area contributed by atoms with Crippen molar-refractivity contribution >= 4 is 11.7 Å². The molecule has 2 rings (SSSR count). The summed E-state index contributed by atoms with van der Waals surface area (Å²) in [5, 5.41) is 0. The predicted molar refractivity (Wildman–Crippen MR) is 85.1 cm³/mol. The first-order valence-corrected chi connectivity index (χ1v) is 7.90. The minimum absolute atomic E-state index is 0.101. The first kappa shape index (κ1) is 15.8. The number of likely N-dealkylation sites (tertiary alicyclic amines) is 1. The highest BCUT2D eigenvalue weighted by Gasteiger charge is 2.29. The molecule has 0 saturated carbocycles. The topological polar surface area (TPSA) is 41.6 Å². The van der Waals surface area contributed by atoms with Crippen LogP contribution in [-0.2, 0) is 9.63 Å². The molecule has 21 heavy (non-hydrogen) atoms. The van der Waals surface area contributed by atoms with Gasteiger partial charge in [-0.1, -0.05) is 31.5 Å². The van der Waals surface area contributed by atoms with Gasteiger partial charge in [-0.3, -0.25) is 4.90 Å². The van der Waals surface area contributed by atoms with Gasteiger partial charge in [-0.25, -0.2) is 10.3 Å². The summed E-state index contributed by atoms with van der Waals surface area (Å²) in [4.78, 5) is 20.0. The molecular formula is C17H26N2O2. The van der Waals surface area contributed by atoms with Crippen molar-refractivity contribution in [3.8, 4) is 0 Å². The maximum atomic E-state index is 12.4. The van der Waals surface area contributed by atoms with Crippen LogP contribution in [0.4, 0.5) is 5.69 Å². The number of carbonyl (C=O) groups is 1. The van der Waals surface area contributed by atoms with E-state index in [4.69, 9.17) is 4.84 Å². The molecular weight excluding hydrogens is 264 g/mol. The van der Waals surface area contributed by atoms with E-state index in [0.29, 0.717) is 0 Å². The van der Waals surface area contributed by atoms with E-state index in [1.807, 2.05) is 32.0 Å². The number of rotatable bonds is 5. The molecule has 1 N–H and O–H groups in total. The van der Waals surface area contributed by atoms with E-state index in [9.17, 15) is 4.79 Å². The minimum atomic E-state index is -0.161. The molecule has 1 heterocycles. The van der Waals surface area contributed by atoms with Crippen molar-refractivity contribution in [1.29, 1.82) is 0 Å². The Morgan fingerprint density at radius 1 is 1.33 bits per heavy atom. The summed E-state index contributed by atoms with van der Waals surface area (Å²) in [6.45, 7) is 8.12. The van der Waals surface area contributed by atoms with Gasteiger partial charge < -0.3 is 4.84 Å². The van der Waals surface area contributed by atoms with Crippen LogP contribution in [0.3, 0.4) is 0 Å². The third-order valence-electron chi connectivity index (χ3n) is 4.13. The smallest absolute Gasteiger partial charge is 0.342 e. The van der Waals surface area contributed by atoms with Gasteiger partial charge in [0.05, 0.1) is 5.69 Å². The van der Waals surface area contributed by atoms with Crippen molar-refractivity contribution in [3.63, 3.8) is 0 Å². The first-order chi connectivity index (χ1) is 10.1. The fraction of sp³-hybridized carbons (Fsp3) is 0.588. The lowest BCUT2D eigenvalue weighted by molar-refractivity contribution is -0.148. The molecule has 4 nitrogen and oxygen atoms in total. The van der Waals surface area contributed by atoms with Gasteiger partial charge in [0, 0.05) is 0 Å². The number of aryl methyl sites for hydroxylation is 2. The molecule has 1 atom stereocenters. The molecule has 1 aromatic carbocycles. The van der Waals surface area contributed by atoms with Crippen molar-refractivity contribution in [2.75, 3.05) is 18.6 Å². The van der Waals surface area contributed by atoms with Gasteiger partial charge >= 0.3 is 5.97 Å². The number of para-hydroxylation sites is 1. The van der Waals surface area contributed by atoms with Crippen LogP contribution in [0.5, 0.6) is 0 Å². The zero-order chi connectivity index (χ0) is 15.2. The Labute approximate surface area is 127 Å². The lowest BCUT2D eigenvalue weighted by Crippen LogP contribution is -2.46. The van der Waals surface area contributed by atoms with Crippen LogP contribution in [-0.4, -0.2) is 30.0 Å². The van der Waals surface area contributed by atoms with E-state index in [0.717, 1.165) is 49.2 Å². The summed E-state index contributed by atoms with van der Waals surface area (Å²) in [6.07, 6.45) is 4.23. The van der Waals surface area contributed by atoms with E-state index in [-0.39, 0.29) is 12.0 Å². The molecule has 1 aliphatic heterocycles. The van der Waals surface area contributed by atoms with Crippen LogP contribution < -0.4 is 5.48 Å². The number of anilines is 1. The fourth-order valence-electron chi connectivity index (χ4n) is 2.96. The fourth-order valence-corrected chi connectivity index (χ4v) is 2.96.